The first-order valence-corrected chi connectivity index (χ1v) is 5.61. The van der Waals surface area contributed by atoms with Gasteiger partial charge in [0.15, 0.2) is 11.5 Å². The summed E-state index contributed by atoms with van der Waals surface area (Å²) in [5.41, 5.74) is 3.13. The highest BCUT2D eigenvalue weighted by Crippen LogP contribution is 2.31. The first-order chi connectivity index (χ1) is 8.54. The first-order valence-electron chi connectivity index (χ1n) is 5.61. The summed E-state index contributed by atoms with van der Waals surface area (Å²) in [6.07, 6.45) is 3.62. The van der Waals surface area contributed by atoms with Crippen LogP contribution in [0.2, 0.25) is 0 Å². The number of hydrogen-bond acceptors (Lipinski definition) is 4. The Hall–Kier alpha value is -2.30. The summed E-state index contributed by atoms with van der Waals surface area (Å²) in [5, 5.41) is 27.1. The van der Waals surface area contributed by atoms with Crippen LogP contribution in [0.15, 0.2) is 24.4 Å². The lowest BCUT2D eigenvalue weighted by Crippen LogP contribution is -2.01. The Morgan fingerprint density at radius 3 is 2.67 bits per heavy atom. The van der Waals surface area contributed by atoms with Gasteiger partial charge in [-0.25, -0.2) is 4.68 Å². The average molecular weight is 245 g/mol. The standard InChI is InChI=1S/C13H15N3O2/c1-4-8(2)11-7-14-15-16(11)10-5-9(3)13(18)12(17)6-10/h4-7,17-18H,1-3H3/b8-4+. The highest BCUT2D eigenvalue weighted by molar-refractivity contribution is 5.62. The number of nitrogens with zero attached hydrogens (tertiary/aromatic N) is 3. The summed E-state index contributed by atoms with van der Waals surface area (Å²) in [5.74, 6) is -0.271. The topological polar surface area (TPSA) is 71.2 Å². The van der Waals surface area contributed by atoms with E-state index in [2.05, 4.69) is 10.3 Å². The first kappa shape index (κ1) is 12.2. The molecule has 0 atom stereocenters. The van der Waals surface area contributed by atoms with E-state index < -0.39 is 0 Å². The Bertz CT molecular complexity index is 591. The molecule has 0 bridgehead atoms. The molecule has 18 heavy (non-hydrogen) atoms. The van der Waals surface area contributed by atoms with Crippen LogP contribution in [0.1, 0.15) is 25.1 Å². The Labute approximate surface area is 105 Å². The highest BCUT2D eigenvalue weighted by atomic mass is 16.3. The number of aromatic hydroxyl groups is 2. The van der Waals surface area contributed by atoms with Gasteiger partial charge in [0.05, 0.1) is 17.6 Å². The van der Waals surface area contributed by atoms with Crippen LogP contribution in [0.4, 0.5) is 0 Å². The molecule has 0 radical (unpaired) electrons. The van der Waals surface area contributed by atoms with Crippen LogP contribution in [0.5, 0.6) is 11.5 Å². The minimum absolute atomic E-state index is 0.108. The fourth-order valence-corrected chi connectivity index (χ4v) is 1.71. The van der Waals surface area contributed by atoms with Crippen molar-refractivity contribution < 1.29 is 10.2 Å². The van der Waals surface area contributed by atoms with Gasteiger partial charge in [-0.1, -0.05) is 11.3 Å². The van der Waals surface area contributed by atoms with Crippen molar-refractivity contribution in [3.63, 3.8) is 0 Å². The third kappa shape index (κ3) is 1.95. The van der Waals surface area contributed by atoms with Gasteiger partial charge >= 0.3 is 0 Å². The lowest BCUT2D eigenvalue weighted by atomic mass is 10.1. The van der Waals surface area contributed by atoms with Crippen molar-refractivity contribution in [1.29, 1.82) is 0 Å². The van der Waals surface area contributed by atoms with Gasteiger partial charge in [0.25, 0.3) is 0 Å². The van der Waals surface area contributed by atoms with Crippen molar-refractivity contribution >= 4 is 5.57 Å². The molecule has 0 saturated carbocycles. The molecular formula is C13H15N3O2. The van der Waals surface area contributed by atoms with Crippen LogP contribution in [0.25, 0.3) is 11.3 Å². The number of aryl methyl sites for hydroxylation is 1. The third-order valence-electron chi connectivity index (χ3n) is 2.90. The minimum atomic E-state index is -0.162. The van der Waals surface area contributed by atoms with Crippen molar-refractivity contribution in [1.82, 2.24) is 15.0 Å². The van der Waals surface area contributed by atoms with E-state index in [1.165, 1.54) is 6.07 Å². The zero-order valence-corrected chi connectivity index (χ0v) is 10.5. The molecule has 2 N–H and O–H groups in total. The summed E-state index contributed by atoms with van der Waals surface area (Å²) < 4.78 is 1.63. The molecule has 1 heterocycles. The van der Waals surface area contributed by atoms with Crippen LogP contribution in [-0.2, 0) is 0 Å². The average Bonchev–Trinajstić information content (AvgIpc) is 2.83. The lowest BCUT2D eigenvalue weighted by Gasteiger charge is -2.09. The van der Waals surface area contributed by atoms with Crippen LogP contribution in [0, 0.1) is 6.92 Å². The van der Waals surface area contributed by atoms with E-state index in [9.17, 15) is 10.2 Å². The Morgan fingerprint density at radius 2 is 2.06 bits per heavy atom. The van der Waals surface area contributed by atoms with Crippen LogP contribution in [0.3, 0.4) is 0 Å². The van der Waals surface area contributed by atoms with Crippen molar-refractivity contribution in [2.24, 2.45) is 0 Å². The maximum Gasteiger partial charge on any atom is 0.160 e. The number of phenolic OH excluding ortho intramolecular Hbond substituents is 2. The van der Waals surface area contributed by atoms with Gasteiger partial charge in [-0.05, 0) is 38.0 Å². The number of phenols is 2. The monoisotopic (exact) mass is 245 g/mol. The van der Waals surface area contributed by atoms with E-state index in [1.54, 1.807) is 23.9 Å². The highest BCUT2D eigenvalue weighted by Gasteiger charge is 2.11. The largest absolute Gasteiger partial charge is 0.504 e. The molecule has 0 amide bonds. The maximum absolute atomic E-state index is 9.64. The minimum Gasteiger partial charge on any atom is -0.504 e. The SMILES string of the molecule is C/C=C(\C)c1cnnn1-c1cc(C)c(O)c(O)c1. The fraction of sp³-hybridized carbons (Fsp3) is 0.231. The number of rotatable bonds is 2. The summed E-state index contributed by atoms with van der Waals surface area (Å²) >= 11 is 0. The molecule has 2 rings (SSSR count). The molecule has 0 spiro atoms. The summed E-state index contributed by atoms with van der Waals surface area (Å²) in [6, 6.07) is 3.21. The summed E-state index contributed by atoms with van der Waals surface area (Å²) in [6.45, 7) is 5.62. The van der Waals surface area contributed by atoms with Crippen molar-refractivity contribution in [3.8, 4) is 17.2 Å². The second-order valence-electron chi connectivity index (χ2n) is 4.13. The molecule has 5 heteroatoms. The molecule has 0 aliphatic heterocycles. The second-order valence-corrected chi connectivity index (χ2v) is 4.13. The van der Waals surface area contributed by atoms with Gasteiger partial charge in [0, 0.05) is 6.07 Å². The Morgan fingerprint density at radius 1 is 1.33 bits per heavy atom. The molecule has 0 aliphatic rings. The van der Waals surface area contributed by atoms with Gasteiger partial charge in [-0.15, -0.1) is 5.10 Å². The van der Waals surface area contributed by atoms with E-state index in [4.69, 9.17) is 0 Å². The van der Waals surface area contributed by atoms with Crippen molar-refractivity contribution in [3.05, 3.63) is 35.7 Å². The van der Waals surface area contributed by atoms with Crippen molar-refractivity contribution in [2.75, 3.05) is 0 Å². The number of aromatic nitrogens is 3. The van der Waals surface area contributed by atoms with Gasteiger partial charge in [0.2, 0.25) is 0 Å². The van der Waals surface area contributed by atoms with Gasteiger partial charge in [-0.3, -0.25) is 0 Å². The summed E-state index contributed by atoms with van der Waals surface area (Å²) in [7, 11) is 0. The van der Waals surface area contributed by atoms with E-state index in [0.717, 1.165) is 11.3 Å². The number of benzene rings is 1. The van der Waals surface area contributed by atoms with Crippen molar-refractivity contribution in [2.45, 2.75) is 20.8 Å². The zero-order chi connectivity index (χ0) is 13.3. The van der Waals surface area contributed by atoms with E-state index in [1.807, 2.05) is 19.9 Å². The summed E-state index contributed by atoms with van der Waals surface area (Å²) in [4.78, 5) is 0. The molecule has 1 aromatic heterocycles. The molecule has 94 valence electrons. The predicted molar refractivity (Wildman–Crippen MR) is 68.8 cm³/mol. The molecule has 1 aromatic carbocycles. The Kier molecular flexibility index (Phi) is 3.06. The number of allylic oxidation sites excluding steroid dienone is 2. The van der Waals surface area contributed by atoms with E-state index in [0.29, 0.717) is 11.3 Å². The molecule has 0 fully saturated rings. The second kappa shape index (κ2) is 4.52. The van der Waals surface area contributed by atoms with Gasteiger partial charge in [-0.2, -0.15) is 0 Å². The van der Waals surface area contributed by atoms with E-state index in [-0.39, 0.29) is 11.5 Å². The molecular weight excluding hydrogens is 230 g/mol. The van der Waals surface area contributed by atoms with Gasteiger partial charge in [0.1, 0.15) is 0 Å². The smallest absolute Gasteiger partial charge is 0.160 e. The van der Waals surface area contributed by atoms with Crippen LogP contribution in [-0.4, -0.2) is 25.2 Å². The molecule has 0 unspecified atom stereocenters. The van der Waals surface area contributed by atoms with Crippen LogP contribution < -0.4 is 0 Å². The maximum atomic E-state index is 9.64. The molecule has 0 aliphatic carbocycles. The molecule has 5 nitrogen and oxygen atoms in total. The molecule has 2 aromatic rings. The Balaban J connectivity index is 2.60. The predicted octanol–water partition coefficient (Wildman–Crippen LogP) is 2.41. The lowest BCUT2D eigenvalue weighted by molar-refractivity contribution is 0.400. The number of hydrogen-bond donors (Lipinski definition) is 2. The zero-order valence-electron chi connectivity index (χ0n) is 10.5. The quantitative estimate of drug-likeness (QED) is 0.797. The third-order valence-corrected chi connectivity index (χ3v) is 2.90. The molecule has 0 saturated heterocycles. The normalized spacial score (nSPS) is 11.8. The fourth-order valence-electron chi connectivity index (χ4n) is 1.71. The van der Waals surface area contributed by atoms with Gasteiger partial charge < -0.3 is 10.2 Å². The van der Waals surface area contributed by atoms with Crippen LogP contribution >= 0.6 is 0 Å². The van der Waals surface area contributed by atoms with E-state index >= 15 is 0 Å².